The predicted molar refractivity (Wildman–Crippen MR) is 95.5 cm³/mol. The fraction of sp³-hybridized carbons (Fsp3) is 0. The zero-order chi connectivity index (χ0) is 17.3. The van der Waals surface area contributed by atoms with Crippen molar-refractivity contribution in [2.75, 3.05) is 0 Å². The molecule has 1 heterocycles. The summed E-state index contributed by atoms with van der Waals surface area (Å²) in [5, 5.41) is 9.37. The minimum Gasteiger partial charge on any atom is -0.478 e. The summed E-state index contributed by atoms with van der Waals surface area (Å²) in [5.41, 5.74) is 2.03. The maximum Gasteiger partial charge on any atom is 0.335 e. The van der Waals surface area contributed by atoms with Gasteiger partial charge in [0.2, 0.25) is 5.43 Å². The molecule has 0 amide bonds. The van der Waals surface area contributed by atoms with Crippen LogP contribution in [0.2, 0.25) is 0 Å². The number of ether oxygens (including phenoxy) is 2. The van der Waals surface area contributed by atoms with E-state index in [2.05, 4.69) is 24.4 Å². The number of carboxylic acid groups (broad SMARTS) is 1. The van der Waals surface area contributed by atoms with E-state index < -0.39 is 11.4 Å². The molecule has 6 nitrogen and oxygen atoms in total. The summed E-state index contributed by atoms with van der Waals surface area (Å²) in [6.07, 6.45) is 0. The highest BCUT2D eigenvalue weighted by atomic mass is 32.1. The topological polar surface area (TPSA) is 86.0 Å². The minimum atomic E-state index is -1.14. The molecule has 0 aliphatic carbocycles. The van der Waals surface area contributed by atoms with Gasteiger partial charge in [-0.25, -0.2) is 4.79 Å². The van der Waals surface area contributed by atoms with Gasteiger partial charge in [-0.3, -0.25) is 4.79 Å². The van der Waals surface area contributed by atoms with E-state index in [9.17, 15) is 9.59 Å². The summed E-state index contributed by atoms with van der Waals surface area (Å²) in [6, 6.07) is 6.95. The van der Waals surface area contributed by atoms with Gasteiger partial charge in [0, 0.05) is 6.07 Å². The summed E-state index contributed by atoms with van der Waals surface area (Å²) in [6.45, 7) is 0. The van der Waals surface area contributed by atoms with Gasteiger partial charge >= 0.3 is 5.97 Å². The zero-order valence-electron chi connectivity index (χ0n) is 11.8. The number of thiocarbonyl (C=S) groups is 2. The molecule has 0 aliphatic heterocycles. The zero-order valence-corrected chi connectivity index (χ0v) is 13.5. The van der Waals surface area contributed by atoms with E-state index in [1.165, 1.54) is 30.3 Å². The molecule has 120 valence electrons. The maximum absolute atomic E-state index is 12.7. The lowest BCUT2D eigenvalue weighted by Gasteiger charge is -2.08. The van der Waals surface area contributed by atoms with Crippen LogP contribution in [0.25, 0.3) is 21.9 Å². The van der Waals surface area contributed by atoms with Gasteiger partial charge in [0.1, 0.15) is 11.3 Å². The third-order valence-corrected chi connectivity index (χ3v) is 3.51. The molecule has 0 radical (unpaired) electrons. The first kappa shape index (κ1) is 16.0. The van der Waals surface area contributed by atoms with E-state index >= 15 is 0 Å². The summed E-state index contributed by atoms with van der Waals surface area (Å²) in [4.78, 5) is 23.8. The van der Waals surface area contributed by atoms with Gasteiger partial charge in [0.05, 0.1) is 16.3 Å². The fourth-order valence-electron chi connectivity index (χ4n) is 2.30. The lowest BCUT2D eigenvalue weighted by molar-refractivity contribution is 0.0697. The van der Waals surface area contributed by atoms with Gasteiger partial charge < -0.3 is 19.0 Å². The van der Waals surface area contributed by atoms with E-state index in [1.807, 2.05) is 0 Å². The quantitative estimate of drug-likeness (QED) is 0.548. The van der Waals surface area contributed by atoms with Crippen LogP contribution in [-0.2, 0) is 0 Å². The molecule has 0 fully saturated rings. The number of carboxylic acids is 1. The van der Waals surface area contributed by atoms with Crippen molar-refractivity contribution in [1.29, 1.82) is 0 Å². The number of aromatic carboxylic acids is 1. The smallest absolute Gasteiger partial charge is 0.335 e. The monoisotopic (exact) mass is 360 g/mol. The molecule has 0 saturated carbocycles. The average Bonchev–Trinajstić information content (AvgIpc) is 2.56. The van der Waals surface area contributed by atoms with Crippen LogP contribution in [-0.4, -0.2) is 22.2 Å². The van der Waals surface area contributed by atoms with E-state index in [0.29, 0.717) is 0 Å². The van der Waals surface area contributed by atoms with Crippen LogP contribution in [0.3, 0.4) is 0 Å². The number of carbonyl (C=O) groups is 1. The second-order valence-electron chi connectivity index (χ2n) is 4.67. The Balaban J connectivity index is 2.42. The van der Waals surface area contributed by atoms with Gasteiger partial charge in [0.15, 0.2) is 22.4 Å². The van der Waals surface area contributed by atoms with Crippen molar-refractivity contribution >= 4 is 63.5 Å². The van der Waals surface area contributed by atoms with Crippen LogP contribution in [0.15, 0.2) is 39.5 Å². The van der Waals surface area contributed by atoms with E-state index in [0.717, 1.165) is 11.1 Å². The van der Waals surface area contributed by atoms with Crippen LogP contribution >= 0.6 is 24.4 Å². The normalized spacial score (nSPS) is 10.5. The molecule has 0 spiro atoms. The standard InChI is InChI=1S/C16H8O6S2/c17-14-10-3-8(16(18)19)1-2-12(10)22-15-11(14)4-9(20-6-23)5-13(15)21-7-24/h1-7H,(H,18,19). The fourth-order valence-corrected chi connectivity index (χ4v) is 2.51. The molecule has 1 aromatic heterocycles. The first-order valence-corrected chi connectivity index (χ1v) is 7.48. The Kier molecular flexibility index (Phi) is 4.24. The largest absolute Gasteiger partial charge is 0.478 e. The highest BCUT2D eigenvalue weighted by Crippen LogP contribution is 2.32. The Morgan fingerprint density at radius 3 is 2.50 bits per heavy atom. The average molecular weight is 360 g/mol. The summed E-state index contributed by atoms with van der Waals surface area (Å²) in [5.74, 6) is -0.681. The molecule has 3 aromatic rings. The number of hydrogen-bond acceptors (Lipinski definition) is 7. The molecular weight excluding hydrogens is 352 g/mol. The van der Waals surface area contributed by atoms with Crippen molar-refractivity contribution in [3.63, 3.8) is 0 Å². The summed E-state index contributed by atoms with van der Waals surface area (Å²) < 4.78 is 16.0. The van der Waals surface area contributed by atoms with Crippen molar-refractivity contribution < 1.29 is 23.8 Å². The molecule has 0 atom stereocenters. The Morgan fingerprint density at radius 2 is 1.83 bits per heavy atom. The Bertz CT molecular complexity index is 1050. The predicted octanol–water partition coefficient (Wildman–Crippen LogP) is 3.32. The van der Waals surface area contributed by atoms with Crippen molar-refractivity contribution in [2.45, 2.75) is 0 Å². The molecule has 1 N–H and O–H groups in total. The van der Waals surface area contributed by atoms with E-state index in [-0.39, 0.29) is 39.0 Å². The maximum atomic E-state index is 12.7. The molecule has 0 aliphatic rings. The van der Waals surface area contributed by atoms with Crippen LogP contribution in [0.1, 0.15) is 10.4 Å². The third kappa shape index (κ3) is 2.72. The lowest BCUT2D eigenvalue weighted by atomic mass is 10.1. The van der Waals surface area contributed by atoms with Crippen molar-refractivity contribution in [2.24, 2.45) is 0 Å². The first-order chi connectivity index (χ1) is 11.5. The Labute approximate surface area is 145 Å². The molecular formula is C16H8O6S2. The molecule has 2 aromatic carbocycles. The van der Waals surface area contributed by atoms with Crippen LogP contribution in [0.4, 0.5) is 0 Å². The van der Waals surface area contributed by atoms with E-state index in [4.69, 9.17) is 19.0 Å². The number of benzene rings is 2. The first-order valence-electron chi connectivity index (χ1n) is 6.53. The number of hydrogen-bond donors (Lipinski definition) is 1. The van der Waals surface area contributed by atoms with Gasteiger partial charge in [0.25, 0.3) is 0 Å². The van der Waals surface area contributed by atoms with Gasteiger partial charge in [-0.1, -0.05) is 0 Å². The molecule has 8 heteroatoms. The van der Waals surface area contributed by atoms with Crippen molar-refractivity contribution in [3.8, 4) is 11.5 Å². The van der Waals surface area contributed by atoms with Crippen LogP contribution < -0.4 is 14.9 Å². The lowest BCUT2D eigenvalue weighted by Crippen LogP contribution is -2.06. The molecule has 3 rings (SSSR count). The number of fused-ring (bicyclic) bond motifs is 2. The highest BCUT2D eigenvalue weighted by Gasteiger charge is 2.16. The van der Waals surface area contributed by atoms with E-state index in [1.54, 1.807) is 0 Å². The summed E-state index contributed by atoms with van der Waals surface area (Å²) >= 11 is 9.31. The second kappa shape index (κ2) is 6.34. The molecule has 0 saturated heterocycles. The minimum absolute atomic E-state index is 0.0178. The summed E-state index contributed by atoms with van der Waals surface area (Å²) in [7, 11) is 0. The highest BCUT2D eigenvalue weighted by molar-refractivity contribution is 7.78. The van der Waals surface area contributed by atoms with Gasteiger partial charge in [-0.05, 0) is 48.7 Å². The van der Waals surface area contributed by atoms with Crippen molar-refractivity contribution in [1.82, 2.24) is 0 Å². The third-order valence-electron chi connectivity index (χ3n) is 3.32. The number of rotatable bonds is 5. The van der Waals surface area contributed by atoms with Gasteiger partial charge in [-0.2, -0.15) is 0 Å². The molecule has 24 heavy (non-hydrogen) atoms. The Hall–Kier alpha value is -2.84. The van der Waals surface area contributed by atoms with Crippen LogP contribution in [0, 0.1) is 0 Å². The SMILES string of the molecule is O=C(O)c1ccc2oc3c(OC=S)cc(OC=S)cc3c(=O)c2c1. The van der Waals surface area contributed by atoms with Crippen LogP contribution in [0.5, 0.6) is 11.5 Å². The van der Waals surface area contributed by atoms with Gasteiger partial charge in [-0.15, -0.1) is 0 Å². The molecule has 0 bridgehead atoms. The molecule has 0 unspecified atom stereocenters. The van der Waals surface area contributed by atoms with Crippen molar-refractivity contribution in [3.05, 3.63) is 46.1 Å². The Morgan fingerprint density at radius 1 is 1.08 bits per heavy atom. The second-order valence-corrected chi connectivity index (χ2v) is 5.06.